The molecule has 0 bridgehead atoms. The van der Waals surface area contributed by atoms with Crippen LogP contribution >= 0.6 is 11.3 Å². The zero-order valence-electron chi connectivity index (χ0n) is 12.1. The average Bonchev–Trinajstić information content (AvgIpc) is 3.01. The molecule has 1 aromatic heterocycles. The lowest BCUT2D eigenvalue weighted by Gasteiger charge is -2.13. The number of carbonyl (C=O) groups is 2. The van der Waals surface area contributed by atoms with Gasteiger partial charge >= 0.3 is 0 Å². The van der Waals surface area contributed by atoms with E-state index in [1.807, 2.05) is 37.4 Å². The summed E-state index contributed by atoms with van der Waals surface area (Å²) in [6, 6.07) is 9.46. The summed E-state index contributed by atoms with van der Waals surface area (Å²) in [6.07, 6.45) is 0.846. The van der Waals surface area contributed by atoms with Gasteiger partial charge in [0.2, 0.25) is 5.91 Å². The summed E-state index contributed by atoms with van der Waals surface area (Å²) in [5, 5.41) is 7.33. The van der Waals surface area contributed by atoms with Crippen molar-refractivity contribution in [3.8, 4) is 0 Å². The minimum atomic E-state index is -0.222. The van der Waals surface area contributed by atoms with Gasteiger partial charge in [0, 0.05) is 5.69 Å². The van der Waals surface area contributed by atoms with Crippen LogP contribution in [0.25, 0.3) is 0 Å². The number of benzene rings is 1. The maximum atomic E-state index is 12.0. The van der Waals surface area contributed by atoms with Crippen molar-refractivity contribution >= 4 is 28.8 Å². The van der Waals surface area contributed by atoms with E-state index in [4.69, 9.17) is 0 Å². The molecule has 0 unspecified atom stereocenters. The van der Waals surface area contributed by atoms with E-state index in [2.05, 4.69) is 10.6 Å². The van der Waals surface area contributed by atoms with E-state index in [0.29, 0.717) is 4.88 Å². The molecule has 110 valence electrons. The van der Waals surface area contributed by atoms with Gasteiger partial charge in [0.1, 0.15) is 0 Å². The third-order valence-corrected chi connectivity index (χ3v) is 4.03. The Kier molecular flexibility index (Phi) is 5.11. The molecule has 2 N–H and O–H groups in total. The molecule has 4 nitrogen and oxygen atoms in total. The molecule has 0 spiro atoms. The third-order valence-electron chi connectivity index (χ3n) is 3.16. The Hall–Kier alpha value is -2.14. The number of anilines is 1. The van der Waals surface area contributed by atoms with Crippen molar-refractivity contribution in [2.75, 3.05) is 11.9 Å². The molecule has 0 aliphatic rings. The van der Waals surface area contributed by atoms with E-state index in [1.54, 1.807) is 12.1 Å². The third kappa shape index (κ3) is 3.92. The Balaban J connectivity index is 1.95. The van der Waals surface area contributed by atoms with Crippen molar-refractivity contribution in [2.24, 2.45) is 0 Å². The second-order valence-corrected chi connectivity index (χ2v) is 5.62. The molecule has 2 aromatic rings. The number of aryl methyl sites for hydroxylation is 2. The number of hydrogen-bond donors (Lipinski definition) is 2. The highest BCUT2D eigenvalue weighted by Gasteiger charge is 2.11. The molecule has 0 fully saturated rings. The monoisotopic (exact) mass is 302 g/mol. The van der Waals surface area contributed by atoms with Crippen LogP contribution in [0.4, 0.5) is 5.69 Å². The lowest BCUT2D eigenvalue weighted by Crippen LogP contribution is -2.32. The van der Waals surface area contributed by atoms with E-state index >= 15 is 0 Å². The van der Waals surface area contributed by atoms with Gasteiger partial charge in [-0.3, -0.25) is 9.59 Å². The number of carbonyl (C=O) groups excluding carboxylic acids is 2. The second-order valence-electron chi connectivity index (χ2n) is 4.67. The number of hydrogen-bond acceptors (Lipinski definition) is 3. The molecule has 0 saturated heterocycles. The number of thiophene rings is 1. The Morgan fingerprint density at radius 2 is 2.00 bits per heavy atom. The van der Waals surface area contributed by atoms with Crippen molar-refractivity contribution in [1.29, 1.82) is 0 Å². The summed E-state index contributed by atoms with van der Waals surface area (Å²) >= 11 is 1.35. The van der Waals surface area contributed by atoms with Crippen LogP contribution in [0.2, 0.25) is 0 Å². The highest BCUT2D eigenvalue weighted by atomic mass is 32.1. The van der Waals surface area contributed by atoms with E-state index in [9.17, 15) is 9.59 Å². The van der Waals surface area contributed by atoms with Gasteiger partial charge in [0.05, 0.1) is 11.4 Å². The Morgan fingerprint density at radius 3 is 2.67 bits per heavy atom. The summed E-state index contributed by atoms with van der Waals surface area (Å²) in [5.74, 6) is -0.440. The number of amides is 2. The highest BCUT2D eigenvalue weighted by molar-refractivity contribution is 7.12. The van der Waals surface area contributed by atoms with Gasteiger partial charge in [-0.2, -0.15) is 0 Å². The summed E-state index contributed by atoms with van der Waals surface area (Å²) in [7, 11) is 0. The van der Waals surface area contributed by atoms with E-state index < -0.39 is 0 Å². The molecule has 0 atom stereocenters. The highest BCUT2D eigenvalue weighted by Crippen LogP contribution is 2.20. The molecule has 0 aliphatic heterocycles. The predicted octanol–water partition coefficient (Wildman–Crippen LogP) is 2.99. The topological polar surface area (TPSA) is 58.2 Å². The van der Waals surface area contributed by atoms with Gasteiger partial charge < -0.3 is 10.6 Å². The van der Waals surface area contributed by atoms with Crippen molar-refractivity contribution in [1.82, 2.24) is 5.32 Å². The van der Waals surface area contributed by atoms with Crippen LogP contribution in [0.1, 0.15) is 27.7 Å². The quantitative estimate of drug-likeness (QED) is 0.892. The molecule has 0 saturated carbocycles. The van der Waals surface area contributed by atoms with E-state index in [-0.39, 0.29) is 18.4 Å². The van der Waals surface area contributed by atoms with Crippen LogP contribution in [0, 0.1) is 6.92 Å². The normalized spacial score (nSPS) is 10.2. The first-order valence-corrected chi connectivity index (χ1v) is 7.69. The SMILES string of the molecule is CCc1cccc(C)c1NC(=O)CNC(=O)c1cccs1. The van der Waals surface area contributed by atoms with Gasteiger partial charge in [-0.05, 0) is 35.9 Å². The molecular weight excluding hydrogens is 284 g/mol. The maximum Gasteiger partial charge on any atom is 0.261 e. The summed E-state index contributed by atoms with van der Waals surface area (Å²) in [4.78, 5) is 24.4. The first-order valence-electron chi connectivity index (χ1n) is 6.82. The van der Waals surface area contributed by atoms with Crippen molar-refractivity contribution in [2.45, 2.75) is 20.3 Å². The van der Waals surface area contributed by atoms with Crippen LogP contribution in [-0.4, -0.2) is 18.4 Å². The summed E-state index contributed by atoms with van der Waals surface area (Å²) in [5.41, 5.74) is 2.95. The largest absolute Gasteiger partial charge is 0.342 e. The molecule has 0 radical (unpaired) electrons. The standard InChI is InChI=1S/C16H18N2O2S/c1-3-12-7-4-6-11(2)15(12)18-14(19)10-17-16(20)13-8-5-9-21-13/h4-9H,3,10H2,1-2H3,(H,17,20)(H,18,19). The Bertz CT molecular complexity index is 636. The first kappa shape index (κ1) is 15.3. The molecule has 1 heterocycles. The Morgan fingerprint density at radius 1 is 1.19 bits per heavy atom. The molecule has 5 heteroatoms. The van der Waals surface area contributed by atoms with Crippen molar-refractivity contribution in [3.63, 3.8) is 0 Å². The zero-order valence-corrected chi connectivity index (χ0v) is 12.9. The smallest absolute Gasteiger partial charge is 0.261 e. The fourth-order valence-electron chi connectivity index (χ4n) is 2.04. The molecule has 2 amide bonds. The Labute approximate surface area is 128 Å². The molecule has 21 heavy (non-hydrogen) atoms. The second kappa shape index (κ2) is 7.04. The predicted molar refractivity (Wildman–Crippen MR) is 85.8 cm³/mol. The molecular formula is C16H18N2O2S. The summed E-state index contributed by atoms with van der Waals surface area (Å²) < 4.78 is 0. The minimum Gasteiger partial charge on any atom is -0.342 e. The van der Waals surface area contributed by atoms with Crippen LogP contribution in [0.5, 0.6) is 0 Å². The van der Waals surface area contributed by atoms with Crippen LogP contribution in [-0.2, 0) is 11.2 Å². The molecule has 1 aromatic carbocycles. The van der Waals surface area contributed by atoms with Crippen LogP contribution < -0.4 is 10.6 Å². The number of rotatable bonds is 5. The van der Waals surface area contributed by atoms with Crippen LogP contribution in [0.3, 0.4) is 0 Å². The molecule has 2 rings (SSSR count). The number of nitrogens with one attached hydrogen (secondary N) is 2. The minimum absolute atomic E-state index is 0.0335. The van der Waals surface area contributed by atoms with Gasteiger partial charge in [-0.1, -0.05) is 31.2 Å². The average molecular weight is 302 g/mol. The van der Waals surface area contributed by atoms with E-state index in [1.165, 1.54) is 11.3 Å². The maximum absolute atomic E-state index is 12.0. The van der Waals surface area contributed by atoms with Crippen molar-refractivity contribution in [3.05, 3.63) is 51.7 Å². The lowest BCUT2D eigenvalue weighted by atomic mass is 10.1. The first-order chi connectivity index (χ1) is 10.1. The summed E-state index contributed by atoms with van der Waals surface area (Å²) in [6.45, 7) is 3.97. The van der Waals surface area contributed by atoms with Gasteiger partial charge in [0.25, 0.3) is 5.91 Å². The van der Waals surface area contributed by atoms with E-state index in [0.717, 1.165) is 23.2 Å². The fourth-order valence-corrected chi connectivity index (χ4v) is 2.68. The van der Waals surface area contributed by atoms with Gasteiger partial charge in [-0.25, -0.2) is 0 Å². The van der Waals surface area contributed by atoms with Crippen molar-refractivity contribution < 1.29 is 9.59 Å². The number of para-hydroxylation sites is 1. The lowest BCUT2D eigenvalue weighted by molar-refractivity contribution is -0.115. The van der Waals surface area contributed by atoms with Gasteiger partial charge in [0.15, 0.2) is 0 Å². The zero-order chi connectivity index (χ0) is 15.2. The van der Waals surface area contributed by atoms with Crippen LogP contribution in [0.15, 0.2) is 35.7 Å². The fraction of sp³-hybridized carbons (Fsp3) is 0.250. The molecule has 0 aliphatic carbocycles. The van der Waals surface area contributed by atoms with Gasteiger partial charge in [-0.15, -0.1) is 11.3 Å².